The first-order valence-corrected chi connectivity index (χ1v) is 8.20. The van der Waals surface area contributed by atoms with Gasteiger partial charge < -0.3 is 24.7 Å². The molecule has 0 saturated carbocycles. The Bertz CT molecular complexity index is 614. The molecule has 0 heterocycles. The second kappa shape index (κ2) is 9.96. The highest BCUT2D eigenvalue weighted by Gasteiger charge is 2.22. The molecule has 0 radical (unpaired) electrons. The van der Waals surface area contributed by atoms with Gasteiger partial charge >= 0.3 is 11.9 Å². The Morgan fingerprint density at radius 1 is 1.19 bits per heavy atom. The number of hydrogen-bond donors (Lipinski definition) is 1. The average Bonchev–Trinajstić information content (AvgIpc) is 2.57. The van der Waals surface area contributed by atoms with Crippen LogP contribution in [0.5, 0.6) is 11.5 Å². The molecule has 1 atom stereocenters. The molecule has 0 saturated heterocycles. The van der Waals surface area contributed by atoms with E-state index >= 15 is 0 Å². The van der Waals surface area contributed by atoms with Gasteiger partial charge in [0, 0.05) is 12.5 Å². The lowest BCUT2D eigenvalue weighted by atomic mass is 10.1. The van der Waals surface area contributed by atoms with Crippen LogP contribution in [0.4, 0.5) is 4.39 Å². The monoisotopic (exact) mass is 371 g/mol. The van der Waals surface area contributed by atoms with E-state index in [1.807, 2.05) is 0 Å². The van der Waals surface area contributed by atoms with E-state index in [1.165, 1.54) is 25.3 Å². The summed E-state index contributed by atoms with van der Waals surface area (Å²) in [6.45, 7) is 4.57. The van der Waals surface area contributed by atoms with E-state index in [-0.39, 0.29) is 30.9 Å². The van der Waals surface area contributed by atoms with Gasteiger partial charge in [-0.2, -0.15) is 0 Å². The Morgan fingerprint density at radius 2 is 1.88 bits per heavy atom. The quantitative estimate of drug-likeness (QED) is 0.665. The largest absolute Gasteiger partial charge is 0.492 e. The van der Waals surface area contributed by atoms with Crippen LogP contribution in [0, 0.1) is 0 Å². The molecule has 26 heavy (non-hydrogen) atoms. The molecule has 1 unspecified atom stereocenters. The lowest BCUT2D eigenvalue weighted by molar-refractivity contribution is -0.156. The van der Waals surface area contributed by atoms with Crippen molar-refractivity contribution >= 4 is 11.9 Å². The van der Waals surface area contributed by atoms with Crippen molar-refractivity contribution in [2.45, 2.75) is 38.8 Å². The Morgan fingerprint density at radius 3 is 2.46 bits per heavy atom. The molecule has 8 heteroatoms. The van der Waals surface area contributed by atoms with Crippen LogP contribution in [0.3, 0.4) is 0 Å². The highest BCUT2D eigenvalue weighted by molar-refractivity contribution is 5.92. The smallest absolute Gasteiger partial charge is 0.341 e. The highest BCUT2D eigenvalue weighted by atomic mass is 19.1. The van der Waals surface area contributed by atoms with Crippen LogP contribution in [0.1, 0.15) is 37.6 Å². The van der Waals surface area contributed by atoms with Gasteiger partial charge in [0.25, 0.3) is 0 Å². The number of halogens is 1. The van der Waals surface area contributed by atoms with Crippen molar-refractivity contribution in [1.29, 1.82) is 0 Å². The predicted molar refractivity (Wildman–Crippen MR) is 93.2 cm³/mol. The predicted octanol–water partition coefficient (Wildman–Crippen LogP) is 2.26. The molecule has 0 bridgehead atoms. The zero-order valence-electron chi connectivity index (χ0n) is 15.5. The molecule has 1 aromatic carbocycles. The summed E-state index contributed by atoms with van der Waals surface area (Å²) >= 11 is 0. The Balaban J connectivity index is 2.74. The Kier molecular flexibility index (Phi) is 8.31. The van der Waals surface area contributed by atoms with Crippen molar-refractivity contribution in [2.75, 3.05) is 27.0 Å². The minimum absolute atomic E-state index is 0.0664. The number of nitrogens with two attached hydrogens (primary N) is 1. The van der Waals surface area contributed by atoms with Gasteiger partial charge in [-0.25, -0.2) is 9.18 Å². The standard InChI is InChI=1S/C18H26FNO6/c1-18(2,3)26-17(22)14(20)7-9-25-15-11-12(24-10-8-19)5-6-13(15)16(21)23-4/h5-6,11,14H,7-10,20H2,1-4H3. The number of hydrogen-bond acceptors (Lipinski definition) is 7. The number of benzene rings is 1. The van der Waals surface area contributed by atoms with Gasteiger partial charge in [0.1, 0.15) is 42.0 Å². The SMILES string of the molecule is COC(=O)c1ccc(OCCF)cc1OCCC(N)C(=O)OC(C)(C)C. The van der Waals surface area contributed by atoms with E-state index in [0.717, 1.165) is 0 Å². The minimum atomic E-state index is -0.859. The molecule has 0 aliphatic rings. The van der Waals surface area contributed by atoms with Gasteiger partial charge in [0.15, 0.2) is 0 Å². The molecule has 0 fully saturated rings. The van der Waals surface area contributed by atoms with Crippen LogP contribution in [0.25, 0.3) is 0 Å². The van der Waals surface area contributed by atoms with Crippen molar-refractivity contribution in [3.8, 4) is 11.5 Å². The molecule has 1 aromatic rings. The molecule has 1 rings (SSSR count). The molecule has 0 spiro atoms. The first-order valence-electron chi connectivity index (χ1n) is 8.20. The Labute approximate surface area is 152 Å². The number of esters is 2. The summed E-state index contributed by atoms with van der Waals surface area (Å²) in [4.78, 5) is 23.7. The number of rotatable bonds is 9. The minimum Gasteiger partial charge on any atom is -0.492 e. The lowest BCUT2D eigenvalue weighted by Gasteiger charge is -2.22. The van der Waals surface area contributed by atoms with E-state index in [0.29, 0.717) is 5.75 Å². The summed E-state index contributed by atoms with van der Waals surface area (Å²) < 4.78 is 32.9. The van der Waals surface area contributed by atoms with Crippen LogP contribution < -0.4 is 15.2 Å². The third kappa shape index (κ3) is 7.26. The summed E-state index contributed by atoms with van der Waals surface area (Å²) in [6.07, 6.45) is 0.186. The van der Waals surface area contributed by atoms with Crippen molar-refractivity contribution < 1.29 is 32.9 Å². The first-order chi connectivity index (χ1) is 12.2. The van der Waals surface area contributed by atoms with Gasteiger partial charge in [0.05, 0.1) is 13.7 Å². The van der Waals surface area contributed by atoms with Crippen molar-refractivity contribution in [3.63, 3.8) is 0 Å². The maximum Gasteiger partial charge on any atom is 0.341 e. The maximum absolute atomic E-state index is 12.2. The molecule has 0 aromatic heterocycles. The molecule has 146 valence electrons. The zero-order valence-corrected chi connectivity index (χ0v) is 15.5. The normalized spacial score (nSPS) is 12.2. The number of ether oxygens (including phenoxy) is 4. The fourth-order valence-electron chi connectivity index (χ4n) is 1.94. The Hall–Kier alpha value is -2.35. The zero-order chi connectivity index (χ0) is 19.7. The second-order valence-corrected chi connectivity index (χ2v) is 6.46. The van der Waals surface area contributed by atoms with Gasteiger partial charge in [-0.05, 0) is 32.9 Å². The first kappa shape index (κ1) is 21.7. The van der Waals surface area contributed by atoms with Crippen LogP contribution in [-0.4, -0.2) is 50.6 Å². The van der Waals surface area contributed by atoms with E-state index in [1.54, 1.807) is 20.8 Å². The third-order valence-corrected chi connectivity index (χ3v) is 3.10. The molecule has 7 nitrogen and oxygen atoms in total. The molecule has 0 amide bonds. The third-order valence-electron chi connectivity index (χ3n) is 3.10. The van der Waals surface area contributed by atoms with Gasteiger partial charge in [-0.1, -0.05) is 0 Å². The van der Waals surface area contributed by atoms with E-state index < -0.39 is 30.3 Å². The molecular formula is C18H26FNO6. The van der Waals surface area contributed by atoms with Crippen LogP contribution in [-0.2, 0) is 14.3 Å². The molecular weight excluding hydrogens is 345 g/mol. The van der Waals surface area contributed by atoms with E-state index in [4.69, 9.17) is 24.7 Å². The summed E-state index contributed by atoms with van der Waals surface area (Å²) in [5.41, 5.74) is 5.35. The van der Waals surface area contributed by atoms with Gasteiger partial charge in [0.2, 0.25) is 0 Å². The number of carbonyl (C=O) groups is 2. The molecule has 0 aliphatic heterocycles. The summed E-state index contributed by atoms with van der Waals surface area (Å²) in [5.74, 6) is -0.575. The van der Waals surface area contributed by atoms with Crippen molar-refractivity contribution in [2.24, 2.45) is 5.73 Å². The molecule has 0 aliphatic carbocycles. The van der Waals surface area contributed by atoms with Gasteiger partial charge in [-0.3, -0.25) is 4.79 Å². The van der Waals surface area contributed by atoms with Crippen LogP contribution >= 0.6 is 0 Å². The van der Waals surface area contributed by atoms with Crippen molar-refractivity contribution in [3.05, 3.63) is 23.8 Å². The average molecular weight is 371 g/mol. The number of alkyl halides is 1. The number of methoxy groups -OCH3 is 1. The fraction of sp³-hybridized carbons (Fsp3) is 0.556. The van der Waals surface area contributed by atoms with E-state index in [9.17, 15) is 14.0 Å². The molecule has 2 N–H and O–H groups in total. The summed E-state index contributed by atoms with van der Waals surface area (Å²) in [7, 11) is 1.25. The summed E-state index contributed by atoms with van der Waals surface area (Å²) in [6, 6.07) is 3.58. The van der Waals surface area contributed by atoms with Gasteiger partial charge in [-0.15, -0.1) is 0 Å². The maximum atomic E-state index is 12.2. The fourth-order valence-corrected chi connectivity index (χ4v) is 1.94. The van der Waals surface area contributed by atoms with E-state index in [2.05, 4.69) is 0 Å². The lowest BCUT2D eigenvalue weighted by Crippen LogP contribution is -2.38. The highest BCUT2D eigenvalue weighted by Crippen LogP contribution is 2.26. The second-order valence-electron chi connectivity index (χ2n) is 6.46. The topological polar surface area (TPSA) is 97.1 Å². The number of carbonyl (C=O) groups excluding carboxylic acids is 2. The van der Waals surface area contributed by atoms with Crippen molar-refractivity contribution in [1.82, 2.24) is 0 Å². The summed E-state index contributed by atoms with van der Waals surface area (Å²) in [5, 5.41) is 0. The van der Waals surface area contributed by atoms with Crippen LogP contribution in [0.15, 0.2) is 18.2 Å². The van der Waals surface area contributed by atoms with Crippen LogP contribution in [0.2, 0.25) is 0 Å².